The molecule has 0 unspecified atom stereocenters. The van der Waals surface area contributed by atoms with Gasteiger partial charge in [-0.3, -0.25) is 24.7 Å². The van der Waals surface area contributed by atoms with Crippen LogP contribution in [0.3, 0.4) is 0 Å². The lowest BCUT2D eigenvalue weighted by Gasteiger charge is -2.40. The second-order valence-electron chi connectivity index (χ2n) is 12.9. The van der Waals surface area contributed by atoms with E-state index in [0.717, 1.165) is 43.5 Å². The van der Waals surface area contributed by atoms with Gasteiger partial charge in [-0.05, 0) is 106 Å². The van der Waals surface area contributed by atoms with E-state index < -0.39 is 24.3 Å². The number of nitrogens with two attached hydrogens (primary N) is 1. The molecule has 10 heteroatoms. The molecule has 0 radical (unpaired) electrons. The highest BCUT2D eigenvalue weighted by molar-refractivity contribution is 5.98. The lowest BCUT2D eigenvalue weighted by Crippen LogP contribution is -2.56. The standard InChI is InChI=1S/C40H43FN4O5/c1-27(46)32-10-6-12-35(24-32)43-40(49)50-38(26-44-20-18-31(19-21-44)22-30-14-16-34(41)17-15-30)37(23-29-8-4-3-5-9-29)45(39(42)48)36-13-7-11-33(25-36)28(2)47/h3-17,24-25,31,37-38H,18-23,26H2,1-2H3,(H2,42,48)(H,43,49)/t37-,38-/m1/s1. The minimum Gasteiger partial charge on any atom is -0.442 e. The van der Waals surface area contributed by atoms with Gasteiger partial charge in [0.25, 0.3) is 0 Å². The number of ether oxygens (including phenoxy) is 1. The first kappa shape index (κ1) is 35.9. The van der Waals surface area contributed by atoms with E-state index in [9.17, 15) is 23.6 Å². The molecule has 260 valence electrons. The lowest BCUT2D eigenvalue weighted by atomic mass is 9.89. The molecule has 2 atom stereocenters. The zero-order valence-corrected chi connectivity index (χ0v) is 28.4. The van der Waals surface area contributed by atoms with E-state index in [1.54, 1.807) is 48.5 Å². The fourth-order valence-electron chi connectivity index (χ4n) is 6.52. The Kier molecular flexibility index (Phi) is 12.1. The summed E-state index contributed by atoms with van der Waals surface area (Å²) in [6.07, 6.45) is 1.30. The maximum absolute atomic E-state index is 13.6. The number of carbonyl (C=O) groups is 4. The summed E-state index contributed by atoms with van der Waals surface area (Å²) < 4.78 is 19.7. The molecule has 0 spiro atoms. The highest BCUT2D eigenvalue weighted by atomic mass is 19.1. The average Bonchev–Trinajstić information content (AvgIpc) is 3.10. The molecule has 0 aromatic heterocycles. The van der Waals surface area contributed by atoms with Gasteiger partial charge in [0.15, 0.2) is 11.6 Å². The molecule has 1 fully saturated rings. The van der Waals surface area contributed by atoms with E-state index in [-0.39, 0.29) is 17.4 Å². The Hall–Kier alpha value is -5.35. The van der Waals surface area contributed by atoms with Crippen molar-refractivity contribution in [3.8, 4) is 0 Å². The number of benzene rings is 4. The number of amides is 3. The van der Waals surface area contributed by atoms with Crippen molar-refractivity contribution in [2.45, 2.75) is 51.7 Å². The Morgan fingerprint density at radius 3 is 2.12 bits per heavy atom. The third-order valence-corrected chi connectivity index (χ3v) is 9.17. The van der Waals surface area contributed by atoms with Gasteiger partial charge in [-0.1, -0.05) is 66.7 Å². The molecule has 0 aliphatic carbocycles. The quantitative estimate of drug-likeness (QED) is 0.143. The predicted molar refractivity (Wildman–Crippen MR) is 192 cm³/mol. The summed E-state index contributed by atoms with van der Waals surface area (Å²) in [7, 11) is 0. The number of nitrogens with one attached hydrogen (secondary N) is 1. The van der Waals surface area contributed by atoms with E-state index in [2.05, 4.69) is 10.2 Å². The summed E-state index contributed by atoms with van der Waals surface area (Å²) in [6.45, 7) is 4.65. The first-order chi connectivity index (χ1) is 24.0. The third-order valence-electron chi connectivity index (χ3n) is 9.17. The number of rotatable bonds is 13. The van der Waals surface area contributed by atoms with Gasteiger partial charge >= 0.3 is 12.1 Å². The van der Waals surface area contributed by atoms with Crippen LogP contribution in [0.5, 0.6) is 0 Å². The van der Waals surface area contributed by atoms with Gasteiger partial charge in [-0.2, -0.15) is 0 Å². The topological polar surface area (TPSA) is 122 Å². The van der Waals surface area contributed by atoms with Crippen molar-refractivity contribution >= 4 is 35.1 Å². The van der Waals surface area contributed by atoms with E-state index in [1.165, 1.54) is 30.9 Å². The van der Waals surface area contributed by atoms with Crippen molar-refractivity contribution in [2.24, 2.45) is 11.7 Å². The molecule has 9 nitrogen and oxygen atoms in total. The SMILES string of the molecule is CC(=O)c1cccc(NC(=O)O[C@H](CN2CCC(Cc3ccc(F)cc3)CC2)[C@@H](Cc2ccccc2)N(C(N)=O)c2cccc(C(C)=O)c2)c1. The van der Waals surface area contributed by atoms with Crippen LogP contribution in [0.2, 0.25) is 0 Å². The highest BCUT2D eigenvalue weighted by Crippen LogP contribution is 2.28. The van der Waals surface area contributed by atoms with Gasteiger partial charge in [0, 0.05) is 29.0 Å². The number of nitrogens with zero attached hydrogens (tertiary/aromatic N) is 2. The van der Waals surface area contributed by atoms with Gasteiger partial charge in [0.1, 0.15) is 11.9 Å². The van der Waals surface area contributed by atoms with Crippen LogP contribution in [0, 0.1) is 11.7 Å². The lowest BCUT2D eigenvalue weighted by molar-refractivity contribution is 0.0519. The fourth-order valence-corrected chi connectivity index (χ4v) is 6.52. The Morgan fingerprint density at radius 2 is 1.48 bits per heavy atom. The van der Waals surface area contributed by atoms with Crippen molar-refractivity contribution in [1.29, 1.82) is 0 Å². The molecule has 50 heavy (non-hydrogen) atoms. The first-order valence-electron chi connectivity index (χ1n) is 16.8. The Labute approximate surface area is 292 Å². The number of hydrogen-bond donors (Lipinski definition) is 2. The minimum absolute atomic E-state index is 0.143. The average molecular weight is 679 g/mol. The summed E-state index contributed by atoms with van der Waals surface area (Å²) >= 11 is 0. The maximum atomic E-state index is 13.6. The maximum Gasteiger partial charge on any atom is 0.412 e. The van der Waals surface area contributed by atoms with Gasteiger partial charge in [0.05, 0.1) is 6.04 Å². The largest absolute Gasteiger partial charge is 0.442 e. The number of Topliss-reactive ketones (excluding diaryl/α,β-unsaturated/α-hetero) is 2. The molecule has 0 saturated carbocycles. The van der Waals surface area contributed by atoms with Crippen LogP contribution in [0.1, 0.15) is 58.5 Å². The highest BCUT2D eigenvalue weighted by Gasteiger charge is 2.36. The first-order valence-corrected chi connectivity index (χ1v) is 16.8. The number of piperidine rings is 1. The van der Waals surface area contributed by atoms with Crippen LogP contribution in [0.15, 0.2) is 103 Å². The number of hydrogen-bond acceptors (Lipinski definition) is 6. The van der Waals surface area contributed by atoms with Crippen LogP contribution in [-0.4, -0.2) is 60.4 Å². The van der Waals surface area contributed by atoms with Crippen LogP contribution in [0.25, 0.3) is 0 Å². The number of primary amides is 1. The molecule has 0 bridgehead atoms. The van der Waals surface area contributed by atoms with Crippen molar-refractivity contribution in [1.82, 2.24) is 4.90 Å². The molecular formula is C40H43FN4O5. The monoisotopic (exact) mass is 678 g/mol. The van der Waals surface area contributed by atoms with E-state index >= 15 is 0 Å². The van der Waals surface area contributed by atoms with Crippen LogP contribution in [-0.2, 0) is 17.6 Å². The van der Waals surface area contributed by atoms with E-state index in [4.69, 9.17) is 10.5 Å². The van der Waals surface area contributed by atoms with Crippen molar-refractivity contribution < 1.29 is 28.3 Å². The normalized spacial score (nSPS) is 14.7. The number of urea groups is 1. The molecular weight excluding hydrogens is 635 g/mol. The summed E-state index contributed by atoms with van der Waals surface area (Å²) in [6, 6.07) is 27.9. The minimum atomic E-state index is -0.867. The summed E-state index contributed by atoms with van der Waals surface area (Å²) in [5, 5.41) is 2.76. The smallest absolute Gasteiger partial charge is 0.412 e. The van der Waals surface area contributed by atoms with Crippen molar-refractivity contribution in [3.05, 3.63) is 131 Å². The fraction of sp³-hybridized carbons (Fsp3) is 0.300. The zero-order chi connectivity index (χ0) is 35.6. The molecule has 3 N–H and O–H groups in total. The van der Waals surface area contributed by atoms with Gasteiger partial charge in [-0.25, -0.2) is 14.0 Å². The second kappa shape index (κ2) is 16.8. The Balaban J connectivity index is 1.45. The Bertz CT molecular complexity index is 1790. The number of anilines is 2. The molecule has 5 rings (SSSR count). The van der Waals surface area contributed by atoms with Crippen molar-refractivity contribution in [2.75, 3.05) is 29.9 Å². The number of ketones is 2. The van der Waals surface area contributed by atoms with Gasteiger partial charge < -0.3 is 10.5 Å². The van der Waals surface area contributed by atoms with Gasteiger partial charge in [0.2, 0.25) is 0 Å². The van der Waals surface area contributed by atoms with Crippen LogP contribution in [0.4, 0.5) is 25.4 Å². The number of carbonyl (C=O) groups excluding carboxylic acids is 4. The van der Waals surface area contributed by atoms with Gasteiger partial charge in [-0.15, -0.1) is 0 Å². The molecule has 1 aliphatic heterocycles. The summed E-state index contributed by atoms with van der Waals surface area (Å²) in [5.74, 6) is -0.160. The van der Waals surface area contributed by atoms with Crippen LogP contribution >= 0.6 is 0 Å². The second-order valence-corrected chi connectivity index (χ2v) is 12.9. The molecule has 1 saturated heterocycles. The van der Waals surface area contributed by atoms with Crippen LogP contribution < -0.4 is 16.0 Å². The number of halogens is 1. The van der Waals surface area contributed by atoms with E-state index in [0.29, 0.717) is 41.4 Å². The molecule has 1 aliphatic rings. The molecule has 3 amide bonds. The molecule has 4 aromatic rings. The number of likely N-dealkylation sites (tertiary alicyclic amines) is 1. The molecule has 4 aromatic carbocycles. The van der Waals surface area contributed by atoms with Crippen molar-refractivity contribution in [3.63, 3.8) is 0 Å². The summed E-state index contributed by atoms with van der Waals surface area (Å²) in [4.78, 5) is 54.9. The predicted octanol–water partition coefficient (Wildman–Crippen LogP) is 7.30. The van der Waals surface area contributed by atoms with E-state index in [1.807, 2.05) is 42.5 Å². The zero-order valence-electron chi connectivity index (χ0n) is 28.4. The Morgan fingerprint density at radius 1 is 0.840 bits per heavy atom. The molecule has 1 heterocycles. The summed E-state index contributed by atoms with van der Waals surface area (Å²) in [5.41, 5.74) is 9.74. The third kappa shape index (κ3) is 9.85.